The number of nitrogens with zero attached hydrogens (tertiary/aromatic N) is 2. The number of rotatable bonds is 10. The van der Waals surface area contributed by atoms with E-state index in [2.05, 4.69) is 140 Å². The zero-order valence-electron chi connectivity index (χ0n) is 32.6. The van der Waals surface area contributed by atoms with Crippen molar-refractivity contribution in [1.82, 2.24) is 9.13 Å². The van der Waals surface area contributed by atoms with E-state index in [1.54, 1.807) is 12.3 Å². The van der Waals surface area contributed by atoms with Gasteiger partial charge in [-0.05, 0) is 168 Å². The van der Waals surface area contributed by atoms with Gasteiger partial charge in [0, 0.05) is 39.2 Å². The SMILES string of the molecule is C=C(/C=C\C=N)n1c2ccc(-c3ccccc3)cc2c2cc3c4c(c21)CCc1c-4c(cc2c4cc(C(/C=C\CC)=C/CC)ccc4n(/C(C)=C/C=C\N)c12)CC3. The molecule has 0 aliphatic heterocycles. The maximum Gasteiger partial charge on any atom is 0.0579 e. The predicted octanol–water partition coefficient (Wildman–Crippen LogP) is 13.2. The molecule has 0 radical (unpaired) electrons. The summed E-state index contributed by atoms with van der Waals surface area (Å²) in [6.07, 6.45) is 23.5. The molecule has 0 unspecified atom stereocenters. The van der Waals surface area contributed by atoms with Gasteiger partial charge in [0.1, 0.15) is 0 Å². The van der Waals surface area contributed by atoms with Gasteiger partial charge in [-0.1, -0.05) is 81.1 Å². The minimum Gasteiger partial charge on any atom is -0.405 e. The lowest BCUT2D eigenvalue weighted by molar-refractivity contribution is 0.884. The van der Waals surface area contributed by atoms with E-state index in [4.69, 9.17) is 11.1 Å². The highest BCUT2D eigenvalue weighted by Gasteiger charge is 2.33. The van der Waals surface area contributed by atoms with Gasteiger partial charge in [0.15, 0.2) is 0 Å². The Morgan fingerprint density at radius 1 is 0.714 bits per heavy atom. The van der Waals surface area contributed by atoms with E-state index < -0.39 is 0 Å². The highest BCUT2D eigenvalue weighted by atomic mass is 15.0. The second-order valence-corrected chi connectivity index (χ2v) is 15.2. The van der Waals surface area contributed by atoms with Crippen molar-refractivity contribution in [3.05, 3.63) is 162 Å². The number of fused-ring (bicyclic) bond motifs is 8. The average Bonchev–Trinajstić information content (AvgIpc) is 3.74. The molecule has 5 aromatic carbocycles. The average molecular weight is 729 g/mol. The Hall–Kier alpha value is -6.39. The van der Waals surface area contributed by atoms with Crippen LogP contribution in [-0.2, 0) is 25.7 Å². The van der Waals surface area contributed by atoms with Gasteiger partial charge in [-0.15, -0.1) is 0 Å². The van der Waals surface area contributed by atoms with Gasteiger partial charge in [-0.2, -0.15) is 0 Å². The third-order valence-corrected chi connectivity index (χ3v) is 11.9. The molecule has 276 valence electrons. The van der Waals surface area contributed by atoms with Crippen LogP contribution in [-0.4, -0.2) is 15.3 Å². The Bertz CT molecular complexity index is 2920. The van der Waals surface area contributed by atoms with E-state index in [0.717, 1.165) is 55.4 Å². The molecule has 0 amide bonds. The molecule has 2 heterocycles. The van der Waals surface area contributed by atoms with Crippen LogP contribution in [0, 0.1) is 5.41 Å². The molecule has 2 aliphatic rings. The van der Waals surface area contributed by atoms with Crippen molar-refractivity contribution in [3.8, 4) is 22.3 Å². The standard InChI is InChI=1S/C52H48N4/c1-5-7-16-35(13-6-2)37-21-25-47-43(29-37)45-31-39-19-20-40-32-46-44-30-38(36-17-9-8-10-18-36)22-26-48(44)56(34(4)15-12-28-54)52(46)42-24-23-41(49(39)50(40)42)51(45)55(47)33(3)14-11-27-53/h7-18,21-22,25-32,54H,4-6,19-20,23-24,53H2,1-3H3/b15-12-,16-7-,27-11-,33-14+,35-13+,54-28?. The normalized spacial score (nSPS) is 14.4. The van der Waals surface area contributed by atoms with Crippen molar-refractivity contribution in [2.24, 2.45) is 5.73 Å². The van der Waals surface area contributed by atoms with Crippen molar-refractivity contribution in [1.29, 1.82) is 5.41 Å². The van der Waals surface area contributed by atoms with Crippen LogP contribution < -0.4 is 5.73 Å². The molecule has 2 aromatic heterocycles. The monoisotopic (exact) mass is 728 g/mol. The molecule has 0 spiro atoms. The first-order valence-electron chi connectivity index (χ1n) is 20.1. The van der Waals surface area contributed by atoms with E-state index in [-0.39, 0.29) is 0 Å². The summed E-state index contributed by atoms with van der Waals surface area (Å²) in [5.74, 6) is 0. The van der Waals surface area contributed by atoms with E-state index in [9.17, 15) is 0 Å². The van der Waals surface area contributed by atoms with Crippen molar-refractivity contribution in [3.63, 3.8) is 0 Å². The largest absolute Gasteiger partial charge is 0.405 e. The van der Waals surface area contributed by atoms with Crippen LogP contribution >= 0.6 is 0 Å². The van der Waals surface area contributed by atoms with Crippen LogP contribution in [0.4, 0.5) is 0 Å². The number of aromatic nitrogens is 2. The fourth-order valence-electron chi connectivity index (χ4n) is 9.56. The number of allylic oxidation sites excluding steroid dienone is 10. The number of hydrogen-bond acceptors (Lipinski definition) is 2. The predicted molar refractivity (Wildman–Crippen MR) is 242 cm³/mol. The fraction of sp³-hybridized carbons (Fsp3) is 0.173. The Kier molecular flexibility index (Phi) is 9.05. The van der Waals surface area contributed by atoms with E-state index >= 15 is 0 Å². The molecule has 0 saturated carbocycles. The van der Waals surface area contributed by atoms with Crippen molar-refractivity contribution >= 4 is 66.8 Å². The molecule has 4 nitrogen and oxygen atoms in total. The first-order valence-corrected chi connectivity index (χ1v) is 20.1. The fourth-order valence-corrected chi connectivity index (χ4v) is 9.56. The topological polar surface area (TPSA) is 59.7 Å². The summed E-state index contributed by atoms with van der Waals surface area (Å²) in [6.45, 7) is 11.2. The first-order chi connectivity index (χ1) is 27.5. The minimum atomic E-state index is 0.865. The summed E-state index contributed by atoms with van der Waals surface area (Å²) < 4.78 is 4.84. The highest BCUT2D eigenvalue weighted by Crippen LogP contribution is 2.51. The summed E-state index contributed by atoms with van der Waals surface area (Å²) in [6, 6.07) is 29.6. The van der Waals surface area contributed by atoms with E-state index in [1.807, 2.05) is 12.2 Å². The van der Waals surface area contributed by atoms with Gasteiger partial charge < -0.3 is 20.3 Å². The minimum absolute atomic E-state index is 0.865. The Balaban J connectivity index is 1.35. The van der Waals surface area contributed by atoms with E-state index in [1.165, 1.54) is 100.0 Å². The van der Waals surface area contributed by atoms with Crippen molar-refractivity contribution < 1.29 is 0 Å². The highest BCUT2D eigenvalue weighted by molar-refractivity contribution is 6.17. The molecule has 3 N–H and O–H groups in total. The Labute approximate surface area is 329 Å². The summed E-state index contributed by atoms with van der Waals surface area (Å²) in [7, 11) is 0. The van der Waals surface area contributed by atoms with Crippen molar-refractivity contribution in [2.75, 3.05) is 0 Å². The molecule has 0 saturated heterocycles. The lowest BCUT2D eigenvalue weighted by atomic mass is 9.74. The van der Waals surface area contributed by atoms with Crippen LogP contribution in [0.1, 0.15) is 61.4 Å². The number of nitrogens with one attached hydrogen (secondary N) is 1. The smallest absolute Gasteiger partial charge is 0.0579 e. The molecule has 2 aliphatic carbocycles. The molecular formula is C52H48N4. The molecule has 0 bridgehead atoms. The van der Waals surface area contributed by atoms with Gasteiger partial charge in [0.2, 0.25) is 0 Å². The quantitative estimate of drug-likeness (QED) is 0.107. The number of nitrogens with two attached hydrogens (primary N) is 1. The van der Waals surface area contributed by atoms with Crippen LogP contribution in [0.25, 0.3) is 82.8 Å². The van der Waals surface area contributed by atoms with Crippen LogP contribution in [0.2, 0.25) is 0 Å². The molecule has 56 heavy (non-hydrogen) atoms. The van der Waals surface area contributed by atoms with Crippen LogP contribution in [0.5, 0.6) is 0 Å². The summed E-state index contributed by atoms with van der Waals surface area (Å²) in [5.41, 5.74) is 26.4. The second-order valence-electron chi connectivity index (χ2n) is 15.2. The number of aryl methyl sites for hydroxylation is 4. The van der Waals surface area contributed by atoms with E-state index in [0.29, 0.717) is 0 Å². The number of hydrogen-bond donors (Lipinski definition) is 2. The van der Waals surface area contributed by atoms with Crippen molar-refractivity contribution in [2.45, 2.75) is 59.3 Å². The maximum absolute atomic E-state index is 7.75. The van der Waals surface area contributed by atoms with Gasteiger partial charge in [0.05, 0.1) is 22.1 Å². The molecule has 0 fully saturated rings. The summed E-state index contributed by atoms with van der Waals surface area (Å²) >= 11 is 0. The summed E-state index contributed by atoms with van der Waals surface area (Å²) in [4.78, 5) is 0. The third-order valence-electron chi connectivity index (χ3n) is 11.9. The zero-order chi connectivity index (χ0) is 38.5. The van der Waals surface area contributed by atoms with Gasteiger partial charge in [-0.3, -0.25) is 0 Å². The zero-order valence-corrected chi connectivity index (χ0v) is 32.6. The molecule has 9 rings (SSSR count). The molecule has 4 heteroatoms. The van der Waals surface area contributed by atoms with Gasteiger partial charge in [-0.25, -0.2) is 0 Å². The molecule has 7 aromatic rings. The van der Waals surface area contributed by atoms with Crippen LogP contribution in [0.3, 0.4) is 0 Å². The number of benzene rings is 5. The lowest BCUT2D eigenvalue weighted by Crippen LogP contribution is -2.16. The Morgan fingerprint density at radius 2 is 1.38 bits per heavy atom. The summed E-state index contributed by atoms with van der Waals surface area (Å²) in [5, 5.41) is 12.9. The first kappa shape index (κ1) is 35.3. The maximum atomic E-state index is 7.75. The van der Waals surface area contributed by atoms with Gasteiger partial charge >= 0.3 is 0 Å². The molecule has 0 atom stereocenters. The lowest BCUT2D eigenvalue weighted by Gasteiger charge is -2.31. The van der Waals surface area contributed by atoms with Gasteiger partial charge in [0.25, 0.3) is 0 Å². The second kappa shape index (κ2) is 14.4. The third kappa shape index (κ3) is 5.54. The van der Waals surface area contributed by atoms with Crippen LogP contribution in [0.15, 0.2) is 134 Å². The Morgan fingerprint density at radius 3 is 2.04 bits per heavy atom. The molecular weight excluding hydrogens is 681 g/mol.